The lowest BCUT2D eigenvalue weighted by Gasteiger charge is -2.09. The molecule has 3 rings (SSSR count). The second-order valence-corrected chi connectivity index (χ2v) is 5.96. The number of halogens is 3. The van der Waals surface area contributed by atoms with Crippen molar-refractivity contribution in [3.8, 4) is 11.4 Å². The van der Waals surface area contributed by atoms with E-state index in [1.54, 1.807) is 36.2 Å². The van der Waals surface area contributed by atoms with Gasteiger partial charge in [0.05, 0.1) is 18.4 Å². The highest BCUT2D eigenvalue weighted by atomic mass is 19.4. The van der Waals surface area contributed by atoms with Crippen molar-refractivity contribution in [2.75, 3.05) is 25.5 Å². The van der Waals surface area contributed by atoms with Crippen LogP contribution in [0.25, 0.3) is 5.69 Å². The van der Waals surface area contributed by atoms with Crippen LogP contribution in [0, 0.1) is 0 Å². The third-order valence-electron chi connectivity index (χ3n) is 3.97. The highest BCUT2D eigenvalue weighted by molar-refractivity contribution is 5.92. The maximum atomic E-state index is 12.5. The first-order valence-electron chi connectivity index (χ1n) is 8.62. The second-order valence-electron chi connectivity index (χ2n) is 5.96. The maximum Gasteiger partial charge on any atom is 0.417 e. The molecule has 7 nitrogen and oxygen atoms in total. The summed E-state index contributed by atoms with van der Waals surface area (Å²) in [5.41, 5.74) is 0.206. The zero-order valence-corrected chi connectivity index (χ0v) is 15.4. The van der Waals surface area contributed by atoms with E-state index in [4.69, 9.17) is 4.74 Å². The van der Waals surface area contributed by atoms with Gasteiger partial charge < -0.3 is 15.4 Å². The van der Waals surface area contributed by atoms with Gasteiger partial charge in [0.2, 0.25) is 0 Å². The number of carbonyl (C=O) groups excluding carboxylic acids is 1. The lowest BCUT2D eigenvalue weighted by atomic mass is 10.3. The third kappa shape index (κ3) is 5.24. The molecule has 1 aromatic carbocycles. The monoisotopic (exact) mass is 405 g/mol. The molecule has 0 aliphatic carbocycles. The van der Waals surface area contributed by atoms with Crippen molar-refractivity contribution in [1.29, 1.82) is 0 Å². The predicted molar refractivity (Wildman–Crippen MR) is 100 cm³/mol. The van der Waals surface area contributed by atoms with Crippen LogP contribution in [0.4, 0.5) is 19.0 Å². The van der Waals surface area contributed by atoms with Crippen molar-refractivity contribution >= 4 is 11.7 Å². The van der Waals surface area contributed by atoms with E-state index in [1.165, 1.54) is 6.07 Å². The summed E-state index contributed by atoms with van der Waals surface area (Å²) in [6, 6.07) is 11.0. The number of hydrogen-bond acceptors (Lipinski definition) is 5. The van der Waals surface area contributed by atoms with E-state index in [2.05, 4.69) is 20.7 Å². The van der Waals surface area contributed by atoms with Crippen LogP contribution in [0.15, 0.2) is 54.9 Å². The molecular weight excluding hydrogens is 387 g/mol. The number of rotatable bonds is 7. The quantitative estimate of drug-likeness (QED) is 0.591. The van der Waals surface area contributed by atoms with Gasteiger partial charge in [-0.05, 0) is 42.5 Å². The molecule has 0 atom stereocenters. The first-order valence-corrected chi connectivity index (χ1v) is 8.62. The molecule has 2 aromatic heterocycles. The van der Waals surface area contributed by atoms with Crippen LogP contribution in [-0.2, 0) is 6.18 Å². The molecule has 3 aromatic rings. The smallest absolute Gasteiger partial charge is 0.417 e. The molecule has 0 saturated heterocycles. The van der Waals surface area contributed by atoms with E-state index in [0.29, 0.717) is 12.3 Å². The average Bonchev–Trinajstić information content (AvgIpc) is 3.21. The molecule has 0 fully saturated rings. The number of alkyl halides is 3. The fourth-order valence-corrected chi connectivity index (χ4v) is 2.45. The van der Waals surface area contributed by atoms with Crippen LogP contribution in [0.1, 0.15) is 16.1 Å². The summed E-state index contributed by atoms with van der Waals surface area (Å²) in [5.74, 6) is 0.643. The lowest BCUT2D eigenvalue weighted by molar-refractivity contribution is -0.137. The Morgan fingerprint density at radius 1 is 1.10 bits per heavy atom. The van der Waals surface area contributed by atoms with Gasteiger partial charge >= 0.3 is 6.18 Å². The fraction of sp³-hybridized carbons (Fsp3) is 0.211. The number of ether oxygens (including phenoxy) is 1. The van der Waals surface area contributed by atoms with E-state index in [-0.39, 0.29) is 24.0 Å². The molecule has 29 heavy (non-hydrogen) atoms. The summed E-state index contributed by atoms with van der Waals surface area (Å²) in [4.78, 5) is 15.9. The van der Waals surface area contributed by atoms with Crippen molar-refractivity contribution in [3.05, 3.63) is 66.1 Å². The van der Waals surface area contributed by atoms with Gasteiger partial charge in [0.1, 0.15) is 11.6 Å². The molecule has 1 amide bonds. The Bertz CT molecular complexity index is 953. The van der Waals surface area contributed by atoms with Crippen LogP contribution in [0.2, 0.25) is 0 Å². The van der Waals surface area contributed by atoms with Crippen LogP contribution >= 0.6 is 0 Å². The van der Waals surface area contributed by atoms with E-state index in [0.717, 1.165) is 18.0 Å². The Balaban J connectivity index is 1.48. The van der Waals surface area contributed by atoms with E-state index in [9.17, 15) is 18.0 Å². The first kappa shape index (κ1) is 20.2. The fourth-order valence-electron chi connectivity index (χ4n) is 2.45. The normalized spacial score (nSPS) is 11.2. The van der Waals surface area contributed by atoms with Gasteiger partial charge in [0.15, 0.2) is 5.69 Å². The Morgan fingerprint density at radius 3 is 2.48 bits per heavy atom. The molecule has 0 bridgehead atoms. The van der Waals surface area contributed by atoms with Gasteiger partial charge in [-0.2, -0.15) is 18.3 Å². The minimum Gasteiger partial charge on any atom is -0.497 e. The number of methoxy groups -OCH3 is 1. The number of carbonyl (C=O) groups is 1. The molecule has 0 spiro atoms. The van der Waals surface area contributed by atoms with Gasteiger partial charge in [-0.15, -0.1) is 0 Å². The van der Waals surface area contributed by atoms with Crippen LogP contribution in [0.5, 0.6) is 5.75 Å². The summed E-state index contributed by atoms with van der Waals surface area (Å²) in [6.07, 6.45) is -2.00. The van der Waals surface area contributed by atoms with Crippen LogP contribution < -0.4 is 15.4 Å². The highest BCUT2D eigenvalue weighted by Gasteiger charge is 2.30. The lowest BCUT2D eigenvalue weighted by Crippen LogP contribution is -2.29. The molecular formula is C19H18F3N5O2. The Kier molecular flexibility index (Phi) is 6.01. The Hall–Kier alpha value is -3.56. The topological polar surface area (TPSA) is 81.1 Å². The van der Waals surface area contributed by atoms with E-state index < -0.39 is 11.7 Å². The molecule has 0 aliphatic rings. The number of nitrogens with one attached hydrogen (secondary N) is 2. The molecule has 2 heterocycles. The predicted octanol–water partition coefficient (Wildman–Crippen LogP) is 3.14. The molecule has 152 valence electrons. The summed E-state index contributed by atoms with van der Waals surface area (Å²) in [5, 5.41) is 9.75. The van der Waals surface area contributed by atoms with Gasteiger partial charge in [-0.25, -0.2) is 9.67 Å². The Labute approximate surface area is 164 Å². The van der Waals surface area contributed by atoms with Crippen LogP contribution in [-0.4, -0.2) is 40.9 Å². The van der Waals surface area contributed by atoms with Gasteiger partial charge in [0.25, 0.3) is 5.91 Å². The Morgan fingerprint density at radius 2 is 1.86 bits per heavy atom. The summed E-state index contributed by atoms with van der Waals surface area (Å²) >= 11 is 0. The SMILES string of the molecule is COc1ccc(-n2ccc(C(=O)NCCNc3ccc(C(F)(F)F)cn3)n2)cc1. The molecule has 10 heteroatoms. The summed E-state index contributed by atoms with van der Waals surface area (Å²) in [6.45, 7) is 0.542. The van der Waals surface area contributed by atoms with E-state index >= 15 is 0 Å². The summed E-state index contributed by atoms with van der Waals surface area (Å²) in [7, 11) is 1.58. The van der Waals surface area contributed by atoms with Crippen molar-refractivity contribution in [2.45, 2.75) is 6.18 Å². The van der Waals surface area contributed by atoms with Crippen molar-refractivity contribution in [2.24, 2.45) is 0 Å². The van der Waals surface area contributed by atoms with Crippen molar-refractivity contribution in [1.82, 2.24) is 20.1 Å². The third-order valence-corrected chi connectivity index (χ3v) is 3.97. The van der Waals surface area contributed by atoms with E-state index in [1.807, 2.05) is 12.1 Å². The summed E-state index contributed by atoms with van der Waals surface area (Å²) < 4.78 is 44.2. The number of pyridine rings is 1. The second kappa shape index (κ2) is 8.63. The van der Waals surface area contributed by atoms with Gasteiger partial charge in [-0.1, -0.05) is 0 Å². The zero-order valence-electron chi connectivity index (χ0n) is 15.4. The number of hydrogen-bond donors (Lipinski definition) is 2. The number of aromatic nitrogens is 3. The van der Waals surface area contributed by atoms with Crippen molar-refractivity contribution in [3.63, 3.8) is 0 Å². The number of amides is 1. The number of benzene rings is 1. The molecule has 0 saturated carbocycles. The van der Waals surface area contributed by atoms with Crippen molar-refractivity contribution < 1.29 is 22.7 Å². The molecule has 0 aliphatic heterocycles. The minimum atomic E-state index is -4.42. The number of anilines is 1. The molecule has 2 N–H and O–H groups in total. The molecule has 0 radical (unpaired) electrons. The zero-order chi connectivity index (χ0) is 20.9. The van der Waals surface area contributed by atoms with Gasteiger partial charge in [-0.3, -0.25) is 4.79 Å². The van der Waals surface area contributed by atoms with Crippen LogP contribution in [0.3, 0.4) is 0 Å². The minimum absolute atomic E-state index is 0.244. The maximum absolute atomic E-state index is 12.5. The molecule has 0 unspecified atom stereocenters. The number of nitrogens with zero attached hydrogens (tertiary/aromatic N) is 3. The first-order chi connectivity index (χ1) is 13.9. The standard InChI is InChI=1S/C19H18F3N5O2/c1-29-15-5-3-14(4-6-15)27-11-8-16(26-27)18(28)24-10-9-23-17-7-2-13(12-25-17)19(20,21)22/h2-8,11-12H,9-10H2,1H3,(H,23,25)(H,24,28). The van der Waals surface area contributed by atoms with Gasteiger partial charge in [0, 0.05) is 25.5 Å². The largest absolute Gasteiger partial charge is 0.497 e. The highest BCUT2D eigenvalue weighted by Crippen LogP contribution is 2.28. The average molecular weight is 405 g/mol.